The van der Waals surface area contributed by atoms with Crippen molar-refractivity contribution in [1.82, 2.24) is 0 Å². The van der Waals surface area contributed by atoms with Gasteiger partial charge in [0.2, 0.25) is 0 Å². The van der Waals surface area contributed by atoms with E-state index in [9.17, 15) is 0 Å². The van der Waals surface area contributed by atoms with Crippen LogP contribution in [0.2, 0.25) is 0 Å². The Morgan fingerprint density at radius 3 is 2.00 bits per heavy atom. The monoisotopic (exact) mass is 314 g/mol. The van der Waals surface area contributed by atoms with Crippen molar-refractivity contribution in [3.05, 3.63) is 89.0 Å². The Hall–Kier alpha value is -2.54. The summed E-state index contributed by atoms with van der Waals surface area (Å²) >= 11 is 0. The van der Waals surface area contributed by atoms with Crippen molar-refractivity contribution in [3.8, 4) is 16.9 Å². The fourth-order valence-corrected chi connectivity index (χ4v) is 3.56. The van der Waals surface area contributed by atoms with Gasteiger partial charge in [0.05, 0.1) is 7.11 Å². The predicted molar refractivity (Wildman–Crippen MR) is 99.7 cm³/mol. The molecule has 4 aliphatic carbocycles. The molecule has 0 saturated carbocycles. The summed E-state index contributed by atoms with van der Waals surface area (Å²) in [6.45, 7) is 0. The summed E-state index contributed by atoms with van der Waals surface area (Å²) in [5.74, 6) is 0.950. The lowest BCUT2D eigenvalue weighted by Gasteiger charge is -2.16. The maximum absolute atomic E-state index is 5.61. The van der Waals surface area contributed by atoms with Gasteiger partial charge in [0.15, 0.2) is 0 Å². The largest absolute Gasteiger partial charge is 0.496 e. The minimum atomic E-state index is 0.950. The Morgan fingerprint density at radius 1 is 0.625 bits per heavy atom. The van der Waals surface area contributed by atoms with Crippen LogP contribution in [0.4, 0.5) is 0 Å². The third-order valence-corrected chi connectivity index (χ3v) is 4.98. The molecule has 0 atom stereocenters. The third kappa shape index (κ3) is 2.94. The van der Waals surface area contributed by atoms with Crippen molar-refractivity contribution in [2.24, 2.45) is 0 Å². The van der Waals surface area contributed by atoms with Gasteiger partial charge in [-0.2, -0.15) is 0 Å². The molecule has 0 fully saturated rings. The van der Waals surface area contributed by atoms with Gasteiger partial charge in [-0.15, -0.1) is 0 Å². The molecule has 1 heteroatoms. The molecule has 0 unspecified atom stereocenters. The normalized spacial score (nSPS) is 13.4. The second-order valence-electron chi connectivity index (χ2n) is 6.51. The lowest BCUT2D eigenvalue weighted by Crippen LogP contribution is -2.01. The fraction of sp³-hybridized carbons (Fsp3) is 0.217. The van der Waals surface area contributed by atoms with Crippen LogP contribution in [0.25, 0.3) is 11.1 Å². The lowest BCUT2D eigenvalue weighted by atomic mass is 9.90. The van der Waals surface area contributed by atoms with Gasteiger partial charge in [0.25, 0.3) is 0 Å². The third-order valence-electron chi connectivity index (χ3n) is 4.98. The van der Waals surface area contributed by atoms with E-state index < -0.39 is 0 Å². The molecule has 4 aliphatic rings. The number of benzene rings is 3. The van der Waals surface area contributed by atoms with E-state index in [0.717, 1.165) is 31.4 Å². The molecule has 0 radical (unpaired) electrons. The number of ether oxygens (including phenoxy) is 1. The maximum atomic E-state index is 5.61. The molecule has 0 amide bonds. The Bertz CT molecular complexity index is 846. The number of hydrogen-bond acceptors (Lipinski definition) is 1. The minimum Gasteiger partial charge on any atom is -0.496 e. The molecule has 0 N–H and O–H groups in total. The molecular weight excluding hydrogens is 292 g/mol. The zero-order valence-corrected chi connectivity index (χ0v) is 14.1. The van der Waals surface area contributed by atoms with Crippen molar-refractivity contribution >= 4 is 0 Å². The second kappa shape index (κ2) is 6.52. The highest BCUT2D eigenvalue weighted by molar-refractivity contribution is 5.74. The van der Waals surface area contributed by atoms with Crippen LogP contribution in [-0.4, -0.2) is 7.11 Å². The smallest absolute Gasteiger partial charge is 0.126 e. The van der Waals surface area contributed by atoms with Crippen LogP contribution in [0.3, 0.4) is 0 Å². The highest BCUT2D eigenvalue weighted by atomic mass is 16.5. The number of para-hydroxylation sites is 1. The Morgan fingerprint density at radius 2 is 1.25 bits per heavy atom. The average molecular weight is 314 g/mol. The summed E-state index contributed by atoms with van der Waals surface area (Å²) in [5, 5.41) is 0. The van der Waals surface area contributed by atoms with Gasteiger partial charge in [-0.05, 0) is 59.6 Å². The molecule has 4 bridgehead atoms. The topological polar surface area (TPSA) is 9.23 Å². The first-order valence-corrected chi connectivity index (χ1v) is 8.66. The van der Waals surface area contributed by atoms with Crippen LogP contribution in [0, 0.1) is 0 Å². The van der Waals surface area contributed by atoms with Gasteiger partial charge in [-0.25, -0.2) is 0 Å². The zero-order valence-electron chi connectivity index (χ0n) is 14.1. The average Bonchev–Trinajstić information content (AvgIpc) is 2.64. The number of hydrogen-bond donors (Lipinski definition) is 0. The van der Waals surface area contributed by atoms with E-state index in [-0.39, 0.29) is 0 Å². The van der Waals surface area contributed by atoms with Gasteiger partial charge in [-0.3, -0.25) is 0 Å². The molecule has 7 rings (SSSR count). The van der Waals surface area contributed by atoms with E-state index in [4.69, 9.17) is 4.74 Å². The SMILES string of the molecule is COc1ccccc1-c1cc2ccc1CCc1ccc(cc1)CC2. The van der Waals surface area contributed by atoms with Crippen LogP contribution in [0.1, 0.15) is 22.3 Å². The van der Waals surface area contributed by atoms with Crippen LogP contribution >= 0.6 is 0 Å². The number of rotatable bonds is 2. The maximum Gasteiger partial charge on any atom is 0.126 e. The zero-order chi connectivity index (χ0) is 16.4. The molecule has 0 spiro atoms. The summed E-state index contributed by atoms with van der Waals surface area (Å²) in [6.07, 6.45) is 4.28. The molecule has 0 saturated heterocycles. The molecule has 120 valence electrons. The Labute approximate surface area is 143 Å². The van der Waals surface area contributed by atoms with E-state index in [1.165, 1.54) is 33.4 Å². The first-order valence-electron chi connectivity index (χ1n) is 8.66. The van der Waals surface area contributed by atoms with E-state index in [2.05, 4.69) is 54.6 Å². The van der Waals surface area contributed by atoms with Crippen LogP contribution < -0.4 is 4.74 Å². The van der Waals surface area contributed by atoms with Crippen molar-refractivity contribution in [1.29, 1.82) is 0 Å². The van der Waals surface area contributed by atoms with Gasteiger partial charge in [-0.1, -0.05) is 60.7 Å². The molecule has 0 aliphatic heterocycles. The molecule has 0 heterocycles. The van der Waals surface area contributed by atoms with Crippen molar-refractivity contribution in [2.75, 3.05) is 7.11 Å². The second-order valence-corrected chi connectivity index (χ2v) is 6.51. The standard InChI is InChI=1S/C23H22O/c1-24-23-5-3-2-4-21(23)22-16-19-11-10-17-6-8-18(9-7-17)12-14-20(22)15-13-19/h2-9,13,15-16H,10-12,14H2,1H3. The summed E-state index contributed by atoms with van der Waals surface area (Å²) in [4.78, 5) is 0. The predicted octanol–water partition coefficient (Wildman–Crippen LogP) is 5.25. The van der Waals surface area contributed by atoms with E-state index in [1.54, 1.807) is 7.11 Å². The molecule has 3 aromatic carbocycles. The number of methoxy groups -OCH3 is 1. The van der Waals surface area contributed by atoms with Gasteiger partial charge < -0.3 is 4.74 Å². The number of aryl methyl sites for hydroxylation is 4. The quantitative estimate of drug-likeness (QED) is 0.628. The first-order chi connectivity index (χ1) is 11.8. The Balaban J connectivity index is 1.81. The summed E-state index contributed by atoms with van der Waals surface area (Å²) in [6, 6.07) is 24.4. The highest BCUT2D eigenvalue weighted by Gasteiger charge is 2.12. The highest BCUT2D eigenvalue weighted by Crippen LogP contribution is 2.34. The Kier molecular flexibility index (Phi) is 4.08. The van der Waals surface area contributed by atoms with Crippen LogP contribution in [0.15, 0.2) is 66.7 Å². The molecular formula is C23H22O. The van der Waals surface area contributed by atoms with Gasteiger partial charge in [0, 0.05) is 5.56 Å². The molecule has 24 heavy (non-hydrogen) atoms. The van der Waals surface area contributed by atoms with Gasteiger partial charge in [0.1, 0.15) is 5.75 Å². The van der Waals surface area contributed by atoms with Crippen molar-refractivity contribution < 1.29 is 4.74 Å². The van der Waals surface area contributed by atoms with E-state index >= 15 is 0 Å². The summed E-state index contributed by atoms with van der Waals surface area (Å²) < 4.78 is 5.61. The molecule has 1 nitrogen and oxygen atoms in total. The van der Waals surface area contributed by atoms with Gasteiger partial charge >= 0.3 is 0 Å². The van der Waals surface area contributed by atoms with Crippen molar-refractivity contribution in [3.63, 3.8) is 0 Å². The van der Waals surface area contributed by atoms with E-state index in [1.807, 2.05) is 12.1 Å². The summed E-state index contributed by atoms with van der Waals surface area (Å²) in [7, 11) is 1.75. The lowest BCUT2D eigenvalue weighted by molar-refractivity contribution is 0.416. The first kappa shape index (κ1) is 15.0. The van der Waals surface area contributed by atoms with Crippen LogP contribution in [0.5, 0.6) is 5.75 Å². The molecule has 3 aromatic rings. The fourth-order valence-electron chi connectivity index (χ4n) is 3.56. The van der Waals surface area contributed by atoms with Crippen molar-refractivity contribution in [2.45, 2.75) is 25.7 Å². The molecule has 0 aromatic heterocycles. The van der Waals surface area contributed by atoms with E-state index in [0.29, 0.717) is 0 Å². The minimum absolute atomic E-state index is 0.950. The summed E-state index contributed by atoms with van der Waals surface area (Å²) in [5.41, 5.74) is 8.14. The van der Waals surface area contributed by atoms with Crippen LogP contribution in [-0.2, 0) is 25.7 Å².